The molecule has 0 radical (unpaired) electrons. The highest BCUT2D eigenvalue weighted by Gasteiger charge is 2.48. The Hall–Kier alpha value is -1.41. The molecular weight excluding hydrogens is 415 g/mol. The van der Waals surface area contributed by atoms with Crippen LogP contribution in [0.25, 0.3) is 0 Å². The molecule has 2 fully saturated rings. The van der Waals surface area contributed by atoms with E-state index < -0.39 is 42.0 Å². The first kappa shape index (κ1) is 21.3. The molecule has 28 heavy (non-hydrogen) atoms. The van der Waals surface area contributed by atoms with Crippen LogP contribution in [0.2, 0.25) is 5.02 Å². The second-order valence-corrected chi connectivity index (χ2v) is 8.87. The van der Waals surface area contributed by atoms with E-state index in [9.17, 15) is 22.8 Å². The standard InChI is InChI=1S/C19H21ClF3NO3S/c1-2-27-18(26)14-9-12(28-16-4-3-11(21)7-15(16)20)8-13(14)17(25)24-6-5-19(22,23)10-24/h3-4,7,12-14H,2,5-6,8-10H2,1H3/t12-,13+,14+/m0/s1. The molecule has 1 heterocycles. The fourth-order valence-electron chi connectivity index (χ4n) is 3.78. The molecule has 3 atom stereocenters. The molecule has 0 unspecified atom stereocenters. The minimum atomic E-state index is -2.89. The zero-order valence-corrected chi connectivity index (χ0v) is 16.9. The summed E-state index contributed by atoms with van der Waals surface area (Å²) < 4.78 is 45.4. The fraction of sp³-hybridized carbons (Fsp3) is 0.579. The van der Waals surface area contributed by atoms with Crippen LogP contribution >= 0.6 is 23.4 Å². The van der Waals surface area contributed by atoms with Crippen molar-refractivity contribution in [2.45, 2.75) is 42.3 Å². The van der Waals surface area contributed by atoms with Gasteiger partial charge in [-0.1, -0.05) is 11.6 Å². The Morgan fingerprint density at radius 2 is 2.04 bits per heavy atom. The van der Waals surface area contributed by atoms with Crippen molar-refractivity contribution in [1.82, 2.24) is 4.90 Å². The van der Waals surface area contributed by atoms with Gasteiger partial charge in [-0.2, -0.15) is 0 Å². The summed E-state index contributed by atoms with van der Waals surface area (Å²) in [7, 11) is 0. The number of nitrogens with zero attached hydrogens (tertiary/aromatic N) is 1. The predicted molar refractivity (Wildman–Crippen MR) is 100 cm³/mol. The maximum absolute atomic E-state index is 13.5. The molecule has 0 bridgehead atoms. The number of hydrogen-bond donors (Lipinski definition) is 0. The van der Waals surface area contributed by atoms with E-state index in [1.807, 2.05) is 0 Å². The molecule has 154 valence electrons. The maximum Gasteiger partial charge on any atom is 0.309 e. The molecule has 1 aromatic rings. The van der Waals surface area contributed by atoms with Crippen LogP contribution in [0.4, 0.5) is 13.2 Å². The van der Waals surface area contributed by atoms with Crippen LogP contribution in [0.15, 0.2) is 23.1 Å². The molecule has 0 aromatic heterocycles. The molecular formula is C19H21ClF3NO3S. The first-order chi connectivity index (χ1) is 13.2. The first-order valence-corrected chi connectivity index (χ1v) is 10.4. The van der Waals surface area contributed by atoms with Gasteiger partial charge in [-0.3, -0.25) is 9.59 Å². The highest BCUT2D eigenvalue weighted by molar-refractivity contribution is 8.00. The molecule has 1 amide bonds. The van der Waals surface area contributed by atoms with Crippen molar-refractivity contribution in [2.24, 2.45) is 11.8 Å². The molecule has 1 saturated heterocycles. The molecule has 0 spiro atoms. The lowest BCUT2D eigenvalue weighted by Gasteiger charge is -2.23. The summed E-state index contributed by atoms with van der Waals surface area (Å²) in [5, 5.41) is 0.126. The minimum Gasteiger partial charge on any atom is -0.466 e. The van der Waals surface area contributed by atoms with Gasteiger partial charge in [-0.05, 0) is 38.0 Å². The lowest BCUT2D eigenvalue weighted by molar-refractivity contribution is -0.153. The van der Waals surface area contributed by atoms with E-state index >= 15 is 0 Å². The zero-order valence-electron chi connectivity index (χ0n) is 15.3. The van der Waals surface area contributed by atoms with Gasteiger partial charge in [-0.15, -0.1) is 11.8 Å². The number of thioether (sulfide) groups is 1. The number of hydrogen-bond acceptors (Lipinski definition) is 4. The van der Waals surface area contributed by atoms with Crippen LogP contribution in [-0.4, -0.2) is 47.6 Å². The molecule has 1 aromatic carbocycles. The van der Waals surface area contributed by atoms with E-state index in [2.05, 4.69) is 0 Å². The molecule has 0 N–H and O–H groups in total. The second-order valence-electron chi connectivity index (χ2n) is 7.12. The highest BCUT2D eigenvalue weighted by atomic mass is 35.5. The number of amides is 1. The smallest absolute Gasteiger partial charge is 0.309 e. The van der Waals surface area contributed by atoms with Gasteiger partial charge in [0.2, 0.25) is 5.91 Å². The van der Waals surface area contributed by atoms with Crippen molar-refractivity contribution < 1.29 is 27.5 Å². The van der Waals surface area contributed by atoms with E-state index in [0.29, 0.717) is 17.7 Å². The maximum atomic E-state index is 13.5. The van der Waals surface area contributed by atoms with Crippen LogP contribution in [0.3, 0.4) is 0 Å². The summed E-state index contributed by atoms with van der Waals surface area (Å²) >= 11 is 7.44. The third kappa shape index (κ3) is 4.76. The van der Waals surface area contributed by atoms with E-state index in [-0.39, 0.29) is 29.8 Å². The number of likely N-dealkylation sites (tertiary alicyclic amines) is 1. The van der Waals surface area contributed by atoms with E-state index in [1.54, 1.807) is 13.0 Å². The average molecular weight is 436 g/mol. The summed E-state index contributed by atoms with van der Waals surface area (Å²) in [4.78, 5) is 27.0. The molecule has 1 saturated carbocycles. The van der Waals surface area contributed by atoms with Gasteiger partial charge in [0, 0.05) is 23.1 Å². The number of alkyl halides is 2. The third-order valence-corrected chi connectivity index (χ3v) is 6.85. The van der Waals surface area contributed by atoms with E-state index in [4.69, 9.17) is 16.3 Å². The Balaban J connectivity index is 1.75. The van der Waals surface area contributed by atoms with Crippen molar-refractivity contribution in [3.05, 3.63) is 29.0 Å². The minimum absolute atomic E-state index is 0.0144. The predicted octanol–water partition coefficient (Wildman–Crippen LogP) is 4.40. The lowest BCUT2D eigenvalue weighted by atomic mass is 9.95. The Kier molecular flexibility index (Phi) is 6.49. The Morgan fingerprint density at radius 3 is 2.64 bits per heavy atom. The van der Waals surface area contributed by atoms with Crippen LogP contribution < -0.4 is 0 Å². The quantitative estimate of drug-likeness (QED) is 0.643. The summed E-state index contributed by atoms with van der Waals surface area (Å²) in [6.07, 6.45) is 0.361. The van der Waals surface area contributed by atoms with Crippen molar-refractivity contribution in [3.63, 3.8) is 0 Å². The van der Waals surface area contributed by atoms with Crippen LogP contribution in [0.1, 0.15) is 26.2 Å². The summed E-state index contributed by atoms with van der Waals surface area (Å²) in [5.41, 5.74) is 0. The summed E-state index contributed by atoms with van der Waals surface area (Å²) in [6.45, 7) is 1.23. The third-order valence-electron chi connectivity index (χ3n) is 5.09. The van der Waals surface area contributed by atoms with Gasteiger partial charge in [0.25, 0.3) is 5.92 Å². The summed E-state index contributed by atoms with van der Waals surface area (Å²) in [5.74, 6) is -5.64. The van der Waals surface area contributed by atoms with Crippen molar-refractivity contribution >= 4 is 35.2 Å². The molecule has 4 nitrogen and oxygen atoms in total. The summed E-state index contributed by atoms with van der Waals surface area (Å²) in [6, 6.07) is 4.05. The number of halogens is 4. The Morgan fingerprint density at radius 1 is 1.32 bits per heavy atom. The molecule has 9 heteroatoms. The zero-order chi connectivity index (χ0) is 20.5. The Bertz CT molecular complexity index is 764. The van der Waals surface area contributed by atoms with Crippen molar-refractivity contribution in [2.75, 3.05) is 19.7 Å². The van der Waals surface area contributed by atoms with Crippen LogP contribution in [0, 0.1) is 17.7 Å². The number of rotatable bonds is 5. The number of ether oxygens (including phenoxy) is 1. The number of carbonyl (C=O) groups excluding carboxylic acids is 2. The van der Waals surface area contributed by atoms with E-state index in [0.717, 1.165) is 4.90 Å². The van der Waals surface area contributed by atoms with Gasteiger partial charge in [-0.25, -0.2) is 13.2 Å². The average Bonchev–Trinajstić information content (AvgIpc) is 3.20. The first-order valence-electron chi connectivity index (χ1n) is 9.15. The van der Waals surface area contributed by atoms with Crippen molar-refractivity contribution in [3.8, 4) is 0 Å². The van der Waals surface area contributed by atoms with E-state index in [1.165, 1.54) is 23.9 Å². The van der Waals surface area contributed by atoms with Gasteiger partial charge in [0.15, 0.2) is 0 Å². The normalized spacial score (nSPS) is 26.5. The topological polar surface area (TPSA) is 46.6 Å². The van der Waals surface area contributed by atoms with Crippen LogP contribution in [0.5, 0.6) is 0 Å². The van der Waals surface area contributed by atoms with Crippen molar-refractivity contribution in [1.29, 1.82) is 0 Å². The SMILES string of the molecule is CCOC(=O)[C@@H]1C[C@@H](Sc2ccc(F)cc2Cl)C[C@H]1C(=O)N1CCC(F)(F)C1. The monoisotopic (exact) mass is 435 g/mol. The Labute approximate surface area is 170 Å². The molecule has 1 aliphatic heterocycles. The second kappa shape index (κ2) is 8.53. The fourth-order valence-corrected chi connectivity index (χ4v) is 5.36. The van der Waals surface area contributed by atoms with Crippen LogP contribution in [-0.2, 0) is 14.3 Å². The highest BCUT2D eigenvalue weighted by Crippen LogP contribution is 2.45. The number of benzene rings is 1. The van der Waals surface area contributed by atoms with Gasteiger partial charge in [0.1, 0.15) is 5.82 Å². The largest absolute Gasteiger partial charge is 0.466 e. The van der Waals surface area contributed by atoms with Gasteiger partial charge >= 0.3 is 5.97 Å². The molecule has 3 rings (SSSR count). The number of carbonyl (C=O) groups is 2. The molecule has 1 aliphatic carbocycles. The van der Waals surface area contributed by atoms with Gasteiger partial charge < -0.3 is 9.64 Å². The molecule has 2 aliphatic rings. The van der Waals surface area contributed by atoms with Gasteiger partial charge in [0.05, 0.1) is 30.0 Å². The lowest BCUT2D eigenvalue weighted by Crippen LogP contribution is -2.39. The number of esters is 1.